The van der Waals surface area contributed by atoms with Crippen LogP contribution < -0.4 is 5.73 Å². The highest BCUT2D eigenvalue weighted by Crippen LogP contribution is 2.40. The summed E-state index contributed by atoms with van der Waals surface area (Å²) in [4.78, 5) is 2.31. The molecule has 1 heterocycles. The quantitative estimate of drug-likeness (QED) is 0.902. The van der Waals surface area contributed by atoms with Crippen molar-refractivity contribution in [3.05, 3.63) is 35.4 Å². The summed E-state index contributed by atoms with van der Waals surface area (Å²) in [6, 6.07) is 6.03. The smallest absolute Gasteiger partial charge is 0.326 e. The molecule has 2 unspecified atom stereocenters. The third kappa shape index (κ3) is 2.69. The van der Waals surface area contributed by atoms with Crippen molar-refractivity contribution in [2.24, 2.45) is 5.73 Å². The number of benzene rings is 1. The van der Waals surface area contributed by atoms with Crippen molar-refractivity contribution in [3.63, 3.8) is 0 Å². The number of alkyl halides is 3. The van der Waals surface area contributed by atoms with Crippen LogP contribution in [0.1, 0.15) is 42.9 Å². The first-order chi connectivity index (χ1) is 9.47. The van der Waals surface area contributed by atoms with E-state index in [4.69, 9.17) is 5.73 Å². The first-order valence-electron chi connectivity index (χ1n) is 7.15. The topological polar surface area (TPSA) is 29.3 Å². The third-order valence-corrected chi connectivity index (χ3v) is 4.29. The summed E-state index contributed by atoms with van der Waals surface area (Å²) < 4.78 is 38.6. The Kier molecular flexibility index (Phi) is 3.50. The highest BCUT2D eigenvalue weighted by atomic mass is 19.4. The number of halogens is 3. The van der Waals surface area contributed by atoms with Crippen molar-refractivity contribution in [2.75, 3.05) is 6.54 Å². The van der Waals surface area contributed by atoms with E-state index < -0.39 is 11.7 Å². The molecule has 2 N–H and O–H groups in total. The molecule has 1 aromatic carbocycles. The molecule has 110 valence electrons. The highest BCUT2D eigenvalue weighted by Gasteiger charge is 2.40. The maximum Gasteiger partial charge on any atom is 0.416 e. The van der Waals surface area contributed by atoms with Crippen molar-refractivity contribution < 1.29 is 13.2 Å². The minimum absolute atomic E-state index is 0.0708. The maximum absolute atomic E-state index is 12.9. The average molecular weight is 284 g/mol. The minimum Gasteiger partial charge on any atom is -0.326 e. The van der Waals surface area contributed by atoms with Crippen LogP contribution in [0.25, 0.3) is 0 Å². The zero-order valence-electron chi connectivity index (χ0n) is 11.2. The Morgan fingerprint density at radius 2 is 1.90 bits per heavy atom. The Hall–Kier alpha value is -1.07. The number of hydrogen-bond donors (Lipinski definition) is 1. The predicted molar refractivity (Wildman–Crippen MR) is 71.1 cm³/mol. The normalized spacial score (nSPS) is 28.6. The van der Waals surface area contributed by atoms with E-state index >= 15 is 0 Å². The molecule has 3 rings (SSSR count). The summed E-state index contributed by atoms with van der Waals surface area (Å²) in [5, 5.41) is 0. The van der Waals surface area contributed by atoms with E-state index in [2.05, 4.69) is 4.90 Å². The van der Waals surface area contributed by atoms with Crippen LogP contribution in [0, 0.1) is 0 Å². The van der Waals surface area contributed by atoms with Crippen LogP contribution in [-0.4, -0.2) is 23.5 Å². The van der Waals surface area contributed by atoms with Gasteiger partial charge in [0.15, 0.2) is 0 Å². The van der Waals surface area contributed by atoms with Crippen LogP contribution in [0.4, 0.5) is 13.2 Å². The summed E-state index contributed by atoms with van der Waals surface area (Å²) in [5.41, 5.74) is 6.33. The number of nitrogens with two attached hydrogens (primary N) is 1. The zero-order chi connectivity index (χ0) is 14.3. The Morgan fingerprint density at radius 1 is 1.15 bits per heavy atom. The molecule has 2 nitrogen and oxygen atoms in total. The number of rotatable bonds is 2. The lowest BCUT2D eigenvalue weighted by Gasteiger charge is -2.40. The molecule has 1 aliphatic heterocycles. The Labute approximate surface area is 116 Å². The summed E-state index contributed by atoms with van der Waals surface area (Å²) >= 11 is 0. The van der Waals surface area contributed by atoms with Gasteiger partial charge in [0, 0.05) is 12.1 Å². The SMILES string of the molecule is NC1CCCN(C2CC2)C1c1cccc(C(F)(F)F)c1. The van der Waals surface area contributed by atoms with Crippen LogP contribution >= 0.6 is 0 Å². The molecular formula is C15H19F3N2. The first-order valence-corrected chi connectivity index (χ1v) is 7.15. The average Bonchev–Trinajstić information content (AvgIpc) is 3.22. The molecule has 0 spiro atoms. The maximum atomic E-state index is 12.9. The lowest BCUT2D eigenvalue weighted by Crippen LogP contribution is -2.46. The molecule has 1 saturated carbocycles. The van der Waals surface area contributed by atoms with Crippen LogP contribution in [0.15, 0.2) is 24.3 Å². The van der Waals surface area contributed by atoms with E-state index in [-0.39, 0.29) is 12.1 Å². The van der Waals surface area contributed by atoms with Gasteiger partial charge in [-0.15, -0.1) is 0 Å². The molecular weight excluding hydrogens is 265 g/mol. The predicted octanol–water partition coefficient (Wildman–Crippen LogP) is 3.33. The molecule has 2 atom stereocenters. The van der Waals surface area contributed by atoms with Crippen LogP contribution in [0.5, 0.6) is 0 Å². The van der Waals surface area contributed by atoms with E-state index in [0.29, 0.717) is 11.6 Å². The monoisotopic (exact) mass is 284 g/mol. The summed E-state index contributed by atoms with van der Waals surface area (Å²) in [6.45, 7) is 0.944. The van der Waals surface area contributed by atoms with Crippen molar-refractivity contribution in [2.45, 2.75) is 50.0 Å². The van der Waals surface area contributed by atoms with Crippen molar-refractivity contribution in [1.82, 2.24) is 4.90 Å². The number of nitrogens with zero attached hydrogens (tertiary/aromatic N) is 1. The number of hydrogen-bond acceptors (Lipinski definition) is 2. The molecule has 0 radical (unpaired) electrons. The van der Waals surface area contributed by atoms with Crippen molar-refractivity contribution in [1.29, 1.82) is 0 Å². The van der Waals surface area contributed by atoms with E-state index in [9.17, 15) is 13.2 Å². The van der Waals surface area contributed by atoms with Gasteiger partial charge in [0.25, 0.3) is 0 Å². The Balaban J connectivity index is 1.92. The largest absolute Gasteiger partial charge is 0.416 e. The van der Waals surface area contributed by atoms with Crippen molar-refractivity contribution in [3.8, 4) is 0 Å². The fraction of sp³-hybridized carbons (Fsp3) is 0.600. The molecule has 5 heteroatoms. The minimum atomic E-state index is -4.29. The van der Waals surface area contributed by atoms with Gasteiger partial charge >= 0.3 is 6.18 Å². The number of likely N-dealkylation sites (tertiary alicyclic amines) is 1. The van der Waals surface area contributed by atoms with Gasteiger partial charge in [-0.1, -0.05) is 12.1 Å². The zero-order valence-corrected chi connectivity index (χ0v) is 11.2. The molecule has 0 bridgehead atoms. The van der Waals surface area contributed by atoms with Gasteiger partial charge in [-0.2, -0.15) is 13.2 Å². The van der Waals surface area contributed by atoms with Gasteiger partial charge in [0.1, 0.15) is 0 Å². The molecule has 2 aliphatic rings. The lowest BCUT2D eigenvalue weighted by atomic mass is 9.90. The van der Waals surface area contributed by atoms with E-state index in [1.165, 1.54) is 12.1 Å². The fourth-order valence-electron chi connectivity index (χ4n) is 3.21. The molecule has 1 saturated heterocycles. The Bertz CT molecular complexity index is 482. The second-order valence-electron chi connectivity index (χ2n) is 5.84. The first kappa shape index (κ1) is 13.9. The van der Waals surface area contributed by atoms with Crippen molar-refractivity contribution >= 4 is 0 Å². The molecule has 20 heavy (non-hydrogen) atoms. The fourth-order valence-corrected chi connectivity index (χ4v) is 3.21. The van der Waals surface area contributed by atoms with Gasteiger partial charge in [-0.05, 0) is 49.9 Å². The molecule has 1 aromatic rings. The second-order valence-corrected chi connectivity index (χ2v) is 5.84. The second kappa shape index (κ2) is 5.04. The van der Waals surface area contributed by atoms with Gasteiger partial charge in [0.05, 0.1) is 11.6 Å². The standard InChI is InChI=1S/C15H19F3N2/c16-15(17,18)11-4-1-3-10(9-11)14-13(19)5-2-8-20(14)12-6-7-12/h1,3-4,9,12-14H,2,5-8,19H2. The summed E-state index contributed by atoms with van der Waals surface area (Å²) in [7, 11) is 0. The van der Waals surface area contributed by atoms with Gasteiger partial charge in [0.2, 0.25) is 0 Å². The van der Waals surface area contributed by atoms with E-state index in [0.717, 1.165) is 38.3 Å². The van der Waals surface area contributed by atoms with Crippen LogP contribution in [0.2, 0.25) is 0 Å². The van der Waals surface area contributed by atoms with Gasteiger partial charge in [-0.25, -0.2) is 0 Å². The molecule has 0 aromatic heterocycles. The lowest BCUT2D eigenvalue weighted by molar-refractivity contribution is -0.137. The van der Waals surface area contributed by atoms with Gasteiger partial charge < -0.3 is 5.73 Å². The van der Waals surface area contributed by atoms with Crippen LogP contribution in [0.3, 0.4) is 0 Å². The van der Waals surface area contributed by atoms with E-state index in [1.807, 2.05) is 0 Å². The molecule has 1 aliphatic carbocycles. The van der Waals surface area contributed by atoms with E-state index in [1.54, 1.807) is 6.07 Å². The summed E-state index contributed by atoms with van der Waals surface area (Å²) in [6.07, 6.45) is -0.0964. The summed E-state index contributed by atoms with van der Waals surface area (Å²) in [5.74, 6) is 0. The third-order valence-electron chi connectivity index (χ3n) is 4.29. The number of piperidine rings is 1. The molecule has 2 fully saturated rings. The Morgan fingerprint density at radius 3 is 2.55 bits per heavy atom. The molecule has 0 amide bonds. The highest BCUT2D eigenvalue weighted by molar-refractivity contribution is 5.29. The van der Waals surface area contributed by atoms with Gasteiger partial charge in [-0.3, -0.25) is 4.90 Å². The van der Waals surface area contributed by atoms with Crippen LogP contribution in [-0.2, 0) is 6.18 Å².